The molecule has 0 saturated heterocycles. The van der Waals surface area contributed by atoms with Crippen molar-refractivity contribution in [2.45, 2.75) is 38.4 Å². The van der Waals surface area contributed by atoms with Crippen LogP contribution in [0.1, 0.15) is 30.0 Å². The first-order valence-electron chi connectivity index (χ1n) is 8.30. The van der Waals surface area contributed by atoms with Crippen LogP contribution in [0.15, 0.2) is 36.4 Å². The molecule has 0 fully saturated rings. The van der Waals surface area contributed by atoms with E-state index in [4.69, 9.17) is 11.6 Å². The van der Waals surface area contributed by atoms with E-state index in [1.807, 2.05) is 18.2 Å². The van der Waals surface area contributed by atoms with Gasteiger partial charge in [-0.05, 0) is 67.6 Å². The van der Waals surface area contributed by atoms with Crippen LogP contribution in [0, 0.1) is 0 Å². The zero-order chi connectivity index (χ0) is 18.9. The lowest BCUT2D eigenvalue weighted by Gasteiger charge is -2.18. The van der Waals surface area contributed by atoms with Crippen LogP contribution in [-0.2, 0) is 23.8 Å². The number of anilines is 2. The Hall–Kier alpha value is -2.21. The average Bonchev–Trinajstić information content (AvgIpc) is 3.03. The van der Waals surface area contributed by atoms with Crippen LogP contribution in [0.5, 0.6) is 0 Å². The maximum absolute atomic E-state index is 13.1. The maximum atomic E-state index is 13.1. The van der Waals surface area contributed by atoms with Crippen molar-refractivity contribution in [3.63, 3.8) is 0 Å². The van der Waals surface area contributed by atoms with Crippen LogP contribution in [0.25, 0.3) is 0 Å². The molecule has 1 aliphatic carbocycles. The predicted molar refractivity (Wildman–Crippen MR) is 96.6 cm³/mol. The lowest BCUT2D eigenvalue weighted by atomic mass is 10.1. The molecule has 0 saturated carbocycles. The Bertz CT molecular complexity index is 836. The Morgan fingerprint density at radius 2 is 1.85 bits per heavy atom. The van der Waals surface area contributed by atoms with Crippen molar-refractivity contribution in [1.82, 2.24) is 0 Å². The summed E-state index contributed by atoms with van der Waals surface area (Å²) in [5.41, 5.74) is 2.06. The van der Waals surface area contributed by atoms with Gasteiger partial charge in [-0.3, -0.25) is 4.79 Å². The molecule has 0 radical (unpaired) electrons. The van der Waals surface area contributed by atoms with Crippen molar-refractivity contribution in [3.05, 3.63) is 58.1 Å². The number of benzene rings is 2. The predicted octanol–water partition coefficient (Wildman–Crippen LogP) is 5.29. The normalized spacial score (nSPS) is 14.7. The summed E-state index contributed by atoms with van der Waals surface area (Å²) in [5.74, 6) is -0.557. The number of carbonyl (C=O) groups excluding carboxylic acids is 1. The van der Waals surface area contributed by atoms with Gasteiger partial charge in [0.15, 0.2) is 0 Å². The molecule has 0 bridgehead atoms. The molecule has 0 spiro atoms. The van der Waals surface area contributed by atoms with E-state index in [-0.39, 0.29) is 10.7 Å². The van der Waals surface area contributed by atoms with Crippen LogP contribution >= 0.6 is 11.6 Å². The standard InChI is InChI=1S/C19H18ClF3N2O/c1-11(24-15-7-5-12-3-2-4-13(12)9-15)18(26)25-17-8-6-14(20)10-16(17)19(21,22)23/h5-11,24H,2-4H2,1H3,(H,25,26)/t11-/m1/s1. The first-order chi connectivity index (χ1) is 12.2. The van der Waals surface area contributed by atoms with Crippen molar-refractivity contribution in [2.75, 3.05) is 10.6 Å². The van der Waals surface area contributed by atoms with E-state index in [1.165, 1.54) is 17.2 Å². The number of hydrogen-bond donors (Lipinski definition) is 2. The molecule has 26 heavy (non-hydrogen) atoms. The quantitative estimate of drug-likeness (QED) is 0.754. The molecule has 2 aromatic carbocycles. The van der Waals surface area contributed by atoms with Crippen molar-refractivity contribution in [1.29, 1.82) is 0 Å². The second-order valence-electron chi connectivity index (χ2n) is 6.38. The van der Waals surface area contributed by atoms with Crippen molar-refractivity contribution >= 4 is 28.9 Å². The number of halogens is 4. The summed E-state index contributed by atoms with van der Waals surface area (Å²) in [4.78, 5) is 12.3. The molecule has 138 valence electrons. The molecule has 3 nitrogen and oxygen atoms in total. The maximum Gasteiger partial charge on any atom is 0.418 e. The molecule has 1 aliphatic rings. The highest BCUT2D eigenvalue weighted by molar-refractivity contribution is 6.30. The lowest BCUT2D eigenvalue weighted by molar-refractivity contribution is -0.137. The minimum atomic E-state index is -4.61. The number of rotatable bonds is 4. The number of alkyl halides is 3. The summed E-state index contributed by atoms with van der Waals surface area (Å²) in [6, 6.07) is 8.47. The van der Waals surface area contributed by atoms with Gasteiger partial charge >= 0.3 is 6.18 Å². The molecule has 0 aliphatic heterocycles. The van der Waals surface area contributed by atoms with Gasteiger partial charge in [0.1, 0.15) is 6.04 Å². The van der Waals surface area contributed by atoms with Gasteiger partial charge in [-0.2, -0.15) is 13.2 Å². The number of fused-ring (bicyclic) bond motifs is 1. The molecule has 0 unspecified atom stereocenters. The Morgan fingerprint density at radius 1 is 1.12 bits per heavy atom. The van der Waals surface area contributed by atoms with Gasteiger partial charge in [0.05, 0.1) is 11.3 Å². The molecule has 3 rings (SSSR count). The van der Waals surface area contributed by atoms with Crippen molar-refractivity contribution in [2.24, 2.45) is 0 Å². The zero-order valence-electron chi connectivity index (χ0n) is 14.1. The topological polar surface area (TPSA) is 41.1 Å². The van der Waals surface area contributed by atoms with E-state index in [1.54, 1.807) is 6.92 Å². The molecule has 0 aromatic heterocycles. The summed E-state index contributed by atoms with van der Waals surface area (Å²) in [5, 5.41) is 5.34. The third kappa shape index (κ3) is 4.12. The van der Waals surface area contributed by atoms with Gasteiger partial charge in [-0.1, -0.05) is 17.7 Å². The van der Waals surface area contributed by atoms with E-state index >= 15 is 0 Å². The summed E-state index contributed by atoms with van der Waals surface area (Å²) >= 11 is 5.65. The molecular formula is C19H18ClF3N2O. The molecule has 1 atom stereocenters. The minimum absolute atomic E-state index is 0.0420. The summed E-state index contributed by atoms with van der Waals surface area (Å²) in [6.45, 7) is 1.60. The average molecular weight is 383 g/mol. The van der Waals surface area contributed by atoms with Crippen molar-refractivity contribution in [3.8, 4) is 0 Å². The summed E-state index contributed by atoms with van der Waals surface area (Å²) in [7, 11) is 0. The molecular weight excluding hydrogens is 365 g/mol. The summed E-state index contributed by atoms with van der Waals surface area (Å²) in [6.07, 6.45) is -1.43. The second kappa shape index (κ2) is 7.19. The number of aryl methyl sites for hydroxylation is 2. The SMILES string of the molecule is C[C@@H](Nc1ccc2c(c1)CCC2)C(=O)Nc1ccc(Cl)cc1C(F)(F)F. The van der Waals surface area contributed by atoms with Crippen molar-refractivity contribution < 1.29 is 18.0 Å². The lowest BCUT2D eigenvalue weighted by Crippen LogP contribution is -2.32. The largest absolute Gasteiger partial charge is 0.418 e. The fourth-order valence-corrected chi connectivity index (χ4v) is 3.25. The second-order valence-corrected chi connectivity index (χ2v) is 6.82. The first-order valence-corrected chi connectivity index (χ1v) is 8.68. The third-order valence-corrected chi connectivity index (χ3v) is 4.65. The Labute approximate surface area is 154 Å². The molecule has 2 aromatic rings. The highest BCUT2D eigenvalue weighted by atomic mass is 35.5. The van der Waals surface area contributed by atoms with Crippen LogP contribution in [-0.4, -0.2) is 11.9 Å². The smallest absolute Gasteiger partial charge is 0.374 e. The van der Waals surface area contributed by atoms with E-state index in [0.717, 1.165) is 37.1 Å². The Balaban J connectivity index is 1.72. The van der Waals surface area contributed by atoms with E-state index in [9.17, 15) is 18.0 Å². The van der Waals surface area contributed by atoms with Gasteiger partial charge in [0, 0.05) is 10.7 Å². The van der Waals surface area contributed by atoms with Gasteiger partial charge in [-0.15, -0.1) is 0 Å². The molecule has 0 heterocycles. The van der Waals surface area contributed by atoms with Crippen LogP contribution in [0.3, 0.4) is 0 Å². The highest BCUT2D eigenvalue weighted by Gasteiger charge is 2.34. The minimum Gasteiger partial charge on any atom is -0.374 e. The van der Waals surface area contributed by atoms with Crippen LogP contribution < -0.4 is 10.6 Å². The number of amides is 1. The molecule has 1 amide bonds. The number of nitrogens with one attached hydrogen (secondary N) is 2. The fraction of sp³-hybridized carbons (Fsp3) is 0.316. The molecule has 2 N–H and O–H groups in total. The number of hydrogen-bond acceptors (Lipinski definition) is 2. The third-order valence-electron chi connectivity index (χ3n) is 4.42. The fourth-order valence-electron chi connectivity index (χ4n) is 3.08. The van der Waals surface area contributed by atoms with Gasteiger partial charge < -0.3 is 10.6 Å². The number of carbonyl (C=O) groups is 1. The highest BCUT2D eigenvalue weighted by Crippen LogP contribution is 2.36. The van der Waals surface area contributed by atoms with E-state index in [2.05, 4.69) is 10.6 Å². The Kier molecular flexibility index (Phi) is 5.14. The van der Waals surface area contributed by atoms with Crippen LogP contribution in [0.2, 0.25) is 5.02 Å². The molecule has 7 heteroatoms. The monoisotopic (exact) mass is 382 g/mol. The zero-order valence-corrected chi connectivity index (χ0v) is 14.8. The van der Waals surface area contributed by atoms with E-state index < -0.39 is 23.7 Å². The van der Waals surface area contributed by atoms with Gasteiger partial charge in [0.25, 0.3) is 0 Å². The Morgan fingerprint density at radius 3 is 2.58 bits per heavy atom. The van der Waals surface area contributed by atoms with Gasteiger partial charge in [0.2, 0.25) is 5.91 Å². The van der Waals surface area contributed by atoms with Gasteiger partial charge in [-0.25, -0.2) is 0 Å². The first kappa shape index (κ1) is 18.6. The van der Waals surface area contributed by atoms with E-state index in [0.29, 0.717) is 0 Å². The summed E-state index contributed by atoms with van der Waals surface area (Å²) < 4.78 is 39.4. The van der Waals surface area contributed by atoms with Crippen LogP contribution in [0.4, 0.5) is 24.5 Å².